The first-order valence-corrected chi connectivity index (χ1v) is 6.16. The minimum atomic E-state index is -0.583. The van der Waals surface area contributed by atoms with Gasteiger partial charge in [-0.25, -0.2) is 0 Å². The number of hydrogen-bond acceptors (Lipinski definition) is 4. The molecule has 0 N–H and O–H groups in total. The van der Waals surface area contributed by atoms with Crippen molar-refractivity contribution in [1.29, 1.82) is 0 Å². The second-order valence-corrected chi connectivity index (χ2v) is 4.85. The molecular formula is C14H16O4. The summed E-state index contributed by atoms with van der Waals surface area (Å²) < 4.78 is 5.24. The number of carbonyl (C=O) groups is 3. The highest BCUT2D eigenvalue weighted by Gasteiger charge is 2.36. The third kappa shape index (κ3) is 2.75. The summed E-state index contributed by atoms with van der Waals surface area (Å²) in [6.07, 6.45) is 2.88. The van der Waals surface area contributed by atoms with Crippen molar-refractivity contribution in [3.8, 4) is 0 Å². The first-order valence-electron chi connectivity index (χ1n) is 6.16. The van der Waals surface area contributed by atoms with Crippen LogP contribution in [0.4, 0.5) is 0 Å². The Bertz CT molecular complexity index is 440. The molecule has 0 spiro atoms. The van der Waals surface area contributed by atoms with Crippen LogP contribution in [0.15, 0.2) is 22.8 Å². The van der Waals surface area contributed by atoms with E-state index in [1.165, 1.54) is 6.92 Å². The summed E-state index contributed by atoms with van der Waals surface area (Å²) in [7, 11) is 0. The molecule has 0 bridgehead atoms. The molecule has 0 radical (unpaired) electrons. The first-order chi connectivity index (χ1) is 8.58. The van der Waals surface area contributed by atoms with Gasteiger partial charge in [0.1, 0.15) is 23.1 Å². The van der Waals surface area contributed by atoms with E-state index in [1.54, 1.807) is 18.4 Å². The third-order valence-corrected chi connectivity index (χ3v) is 3.40. The molecule has 18 heavy (non-hydrogen) atoms. The Balaban J connectivity index is 2.02. The molecule has 0 saturated heterocycles. The molecule has 96 valence electrons. The van der Waals surface area contributed by atoms with E-state index in [9.17, 15) is 14.4 Å². The number of Topliss-reactive ketones (excluding diaryl/α,β-unsaturated/α-hetero) is 3. The van der Waals surface area contributed by atoms with Gasteiger partial charge in [-0.2, -0.15) is 0 Å². The standard InChI is InChI=1S/C14H16O4/c1-9(15)4-5-11-12(16)7-10(8-13(11)17)14-3-2-6-18-14/h2-3,6,10-11H,4-5,7-8H2,1H3. The molecule has 1 aliphatic carbocycles. The van der Waals surface area contributed by atoms with Gasteiger partial charge in [-0.1, -0.05) is 0 Å². The van der Waals surface area contributed by atoms with Crippen LogP contribution < -0.4 is 0 Å². The maximum atomic E-state index is 11.9. The first kappa shape index (κ1) is 12.7. The fraction of sp³-hybridized carbons (Fsp3) is 0.500. The highest BCUT2D eigenvalue weighted by Crippen LogP contribution is 2.33. The predicted octanol–water partition coefficient (Wildman–Crippen LogP) is 2.28. The van der Waals surface area contributed by atoms with Gasteiger partial charge >= 0.3 is 0 Å². The van der Waals surface area contributed by atoms with Gasteiger partial charge in [-0.15, -0.1) is 0 Å². The molecule has 1 saturated carbocycles. The van der Waals surface area contributed by atoms with Crippen LogP contribution in [0, 0.1) is 5.92 Å². The van der Waals surface area contributed by atoms with Gasteiger partial charge in [0, 0.05) is 25.2 Å². The molecular weight excluding hydrogens is 232 g/mol. The summed E-state index contributed by atoms with van der Waals surface area (Å²) in [4.78, 5) is 34.8. The number of ketones is 3. The Hall–Kier alpha value is -1.71. The zero-order chi connectivity index (χ0) is 13.1. The molecule has 0 amide bonds. The van der Waals surface area contributed by atoms with Gasteiger partial charge in [0.25, 0.3) is 0 Å². The van der Waals surface area contributed by atoms with Crippen molar-refractivity contribution in [2.45, 2.75) is 38.5 Å². The molecule has 1 aromatic rings. The van der Waals surface area contributed by atoms with E-state index in [0.29, 0.717) is 31.4 Å². The van der Waals surface area contributed by atoms with Crippen LogP contribution in [-0.4, -0.2) is 17.3 Å². The van der Waals surface area contributed by atoms with E-state index in [2.05, 4.69) is 0 Å². The Kier molecular flexibility index (Phi) is 3.75. The maximum Gasteiger partial charge on any atom is 0.144 e. The smallest absolute Gasteiger partial charge is 0.144 e. The van der Waals surface area contributed by atoms with Crippen LogP contribution in [0.2, 0.25) is 0 Å². The Morgan fingerprint density at radius 3 is 2.50 bits per heavy atom. The van der Waals surface area contributed by atoms with Crippen LogP contribution in [0.25, 0.3) is 0 Å². The summed E-state index contributed by atoms with van der Waals surface area (Å²) in [5.41, 5.74) is 0. The lowest BCUT2D eigenvalue weighted by Gasteiger charge is -2.24. The van der Waals surface area contributed by atoms with Crippen molar-refractivity contribution in [2.24, 2.45) is 5.92 Å². The number of hydrogen-bond donors (Lipinski definition) is 0. The maximum absolute atomic E-state index is 11.9. The van der Waals surface area contributed by atoms with Crippen LogP contribution in [0.1, 0.15) is 44.3 Å². The van der Waals surface area contributed by atoms with Gasteiger partial charge in [-0.05, 0) is 25.5 Å². The fourth-order valence-corrected chi connectivity index (χ4v) is 2.42. The van der Waals surface area contributed by atoms with Crippen molar-refractivity contribution < 1.29 is 18.8 Å². The molecule has 1 heterocycles. The Labute approximate surface area is 105 Å². The molecule has 0 atom stereocenters. The second kappa shape index (κ2) is 5.29. The van der Waals surface area contributed by atoms with Gasteiger partial charge in [0.15, 0.2) is 0 Å². The fourth-order valence-electron chi connectivity index (χ4n) is 2.42. The summed E-state index contributed by atoms with van der Waals surface area (Å²) in [6, 6.07) is 3.55. The highest BCUT2D eigenvalue weighted by molar-refractivity contribution is 6.05. The van der Waals surface area contributed by atoms with Gasteiger partial charge in [0.2, 0.25) is 0 Å². The monoisotopic (exact) mass is 248 g/mol. The van der Waals surface area contributed by atoms with Crippen molar-refractivity contribution in [3.05, 3.63) is 24.2 Å². The van der Waals surface area contributed by atoms with E-state index in [1.807, 2.05) is 0 Å². The minimum absolute atomic E-state index is 0.0174. The van der Waals surface area contributed by atoms with Crippen molar-refractivity contribution in [1.82, 2.24) is 0 Å². The molecule has 1 aromatic heterocycles. The number of rotatable bonds is 4. The normalized spacial score (nSPS) is 24.3. The lowest BCUT2D eigenvalue weighted by molar-refractivity contribution is -0.136. The Morgan fingerprint density at radius 1 is 1.33 bits per heavy atom. The molecule has 0 unspecified atom stereocenters. The molecule has 0 aromatic carbocycles. The van der Waals surface area contributed by atoms with Crippen LogP contribution in [0.5, 0.6) is 0 Å². The van der Waals surface area contributed by atoms with Gasteiger partial charge in [-0.3, -0.25) is 9.59 Å². The van der Waals surface area contributed by atoms with E-state index >= 15 is 0 Å². The molecule has 1 fully saturated rings. The van der Waals surface area contributed by atoms with Gasteiger partial charge < -0.3 is 9.21 Å². The second-order valence-electron chi connectivity index (χ2n) is 4.85. The van der Waals surface area contributed by atoms with Gasteiger partial charge in [0.05, 0.1) is 12.2 Å². The van der Waals surface area contributed by atoms with Crippen molar-refractivity contribution >= 4 is 17.3 Å². The average Bonchev–Trinajstić information content (AvgIpc) is 2.80. The molecule has 4 heteroatoms. The summed E-state index contributed by atoms with van der Waals surface area (Å²) in [6.45, 7) is 1.48. The van der Waals surface area contributed by atoms with Crippen molar-refractivity contribution in [3.63, 3.8) is 0 Å². The van der Waals surface area contributed by atoms with Crippen LogP contribution in [0.3, 0.4) is 0 Å². The molecule has 2 rings (SSSR count). The molecule has 0 aliphatic heterocycles. The summed E-state index contributed by atoms with van der Waals surface area (Å²) >= 11 is 0. The lowest BCUT2D eigenvalue weighted by atomic mass is 9.77. The van der Waals surface area contributed by atoms with E-state index in [4.69, 9.17) is 4.42 Å². The quantitative estimate of drug-likeness (QED) is 0.767. The number of carbonyl (C=O) groups excluding carboxylic acids is 3. The van der Waals surface area contributed by atoms with E-state index < -0.39 is 5.92 Å². The minimum Gasteiger partial charge on any atom is -0.469 e. The van der Waals surface area contributed by atoms with E-state index in [0.717, 1.165) is 0 Å². The van der Waals surface area contributed by atoms with Crippen molar-refractivity contribution in [2.75, 3.05) is 0 Å². The average molecular weight is 248 g/mol. The largest absolute Gasteiger partial charge is 0.469 e. The highest BCUT2D eigenvalue weighted by atomic mass is 16.3. The topological polar surface area (TPSA) is 64.3 Å². The summed E-state index contributed by atoms with van der Waals surface area (Å²) in [5, 5.41) is 0. The third-order valence-electron chi connectivity index (χ3n) is 3.40. The molecule has 4 nitrogen and oxygen atoms in total. The zero-order valence-corrected chi connectivity index (χ0v) is 10.3. The van der Waals surface area contributed by atoms with Crippen LogP contribution >= 0.6 is 0 Å². The summed E-state index contributed by atoms with van der Waals surface area (Å²) in [5.74, 6) is -0.123. The predicted molar refractivity (Wildman–Crippen MR) is 64.1 cm³/mol. The SMILES string of the molecule is CC(=O)CCC1C(=O)CC(c2ccco2)CC1=O. The Morgan fingerprint density at radius 2 is 2.00 bits per heavy atom. The molecule has 1 aliphatic rings. The lowest BCUT2D eigenvalue weighted by Crippen LogP contribution is -2.32. The van der Waals surface area contributed by atoms with E-state index in [-0.39, 0.29) is 23.3 Å². The number of furan rings is 1. The zero-order valence-electron chi connectivity index (χ0n) is 10.3. The van der Waals surface area contributed by atoms with Crippen LogP contribution in [-0.2, 0) is 14.4 Å².